The lowest BCUT2D eigenvalue weighted by atomic mass is 10.1. The first-order valence-corrected chi connectivity index (χ1v) is 6.26. The van der Waals surface area contributed by atoms with Gasteiger partial charge in [-0.2, -0.15) is 0 Å². The molecule has 2 aromatic rings. The Bertz CT molecular complexity index is 529. The van der Waals surface area contributed by atoms with Crippen LogP contribution in [-0.2, 0) is 4.79 Å². The zero-order valence-corrected chi connectivity index (χ0v) is 10.3. The highest BCUT2D eigenvalue weighted by Crippen LogP contribution is 2.31. The fourth-order valence-corrected chi connectivity index (χ4v) is 2.33. The Balaban J connectivity index is 2.32. The van der Waals surface area contributed by atoms with E-state index in [2.05, 4.69) is 5.32 Å². The van der Waals surface area contributed by atoms with E-state index in [4.69, 9.17) is 0 Å². The summed E-state index contributed by atoms with van der Waals surface area (Å²) in [7, 11) is 0. The van der Waals surface area contributed by atoms with Gasteiger partial charge in [0.1, 0.15) is 0 Å². The molecular weight excluding hydrogens is 230 g/mol. The summed E-state index contributed by atoms with van der Waals surface area (Å²) in [6.07, 6.45) is 3.24. The van der Waals surface area contributed by atoms with Gasteiger partial charge in [0, 0.05) is 16.1 Å². The molecule has 0 aliphatic heterocycles. The summed E-state index contributed by atoms with van der Waals surface area (Å²) in [5, 5.41) is 4.91. The van der Waals surface area contributed by atoms with Crippen molar-refractivity contribution in [2.24, 2.45) is 0 Å². The van der Waals surface area contributed by atoms with Crippen molar-refractivity contribution in [1.82, 2.24) is 0 Å². The molecule has 0 saturated heterocycles. The van der Waals surface area contributed by atoms with Gasteiger partial charge in [0.05, 0.1) is 0 Å². The van der Waals surface area contributed by atoms with E-state index in [1.54, 1.807) is 17.4 Å². The molecule has 17 heavy (non-hydrogen) atoms. The molecule has 0 saturated carbocycles. The summed E-state index contributed by atoms with van der Waals surface area (Å²) in [6, 6.07) is 11.9. The van der Waals surface area contributed by atoms with E-state index in [-0.39, 0.29) is 5.91 Å². The predicted molar refractivity (Wildman–Crippen MR) is 73.2 cm³/mol. The van der Waals surface area contributed by atoms with E-state index >= 15 is 0 Å². The summed E-state index contributed by atoms with van der Waals surface area (Å²) < 4.78 is 0. The number of hydrogen-bond acceptors (Lipinski definition) is 2. The van der Waals surface area contributed by atoms with Crippen LogP contribution in [0, 0.1) is 0 Å². The van der Waals surface area contributed by atoms with Crippen molar-refractivity contribution >= 4 is 22.9 Å². The molecule has 86 valence electrons. The first-order chi connectivity index (χ1) is 8.31. The molecule has 0 aliphatic rings. The van der Waals surface area contributed by atoms with Gasteiger partial charge in [-0.15, -0.1) is 11.3 Å². The number of rotatable bonds is 3. The molecule has 0 radical (unpaired) electrons. The van der Waals surface area contributed by atoms with Crippen molar-refractivity contribution in [3.05, 3.63) is 53.9 Å². The minimum Gasteiger partial charge on any atom is -0.322 e. The normalized spacial score (nSPS) is 10.6. The van der Waals surface area contributed by atoms with Gasteiger partial charge < -0.3 is 5.32 Å². The molecule has 1 amide bonds. The van der Waals surface area contributed by atoms with E-state index in [0.29, 0.717) is 0 Å². The van der Waals surface area contributed by atoms with Crippen LogP contribution >= 0.6 is 11.3 Å². The Kier molecular flexibility index (Phi) is 3.73. The number of hydrogen-bond donors (Lipinski definition) is 1. The van der Waals surface area contributed by atoms with Crippen LogP contribution in [-0.4, -0.2) is 5.91 Å². The minimum absolute atomic E-state index is 0.100. The van der Waals surface area contributed by atoms with Crippen LogP contribution in [0.15, 0.2) is 53.9 Å². The van der Waals surface area contributed by atoms with Crippen LogP contribution in [0.1, 0.15) is 6.92 Å². The number of para-hydroxylation sites is 1. The van der Waals surface area contributed by atoms with Gasteiger partial charge >= 0.3 is 0 Å². The molecule has 0 bridgehead atoms. The molecule has 2 nitrogen and oxygen atoms in total. The number of amides is 1. The molecule has 1 aromatic carbocycles. The van der Waals surface area contributed by atoms with Gasteiger partial charge in [-0.1, -0.05) is 30.3 Å². The number of nitrogens with one attached hydrogen (secondary N) is 1. The Labute approximate surface area is 105 Å². The van der Waals surface area contributed by atoms with Gasteiger partial charge in [-0.25, -0.2) is 0 Å². The van der Waals surface area contributed by atoms with Crippen molar-refractivity contribution < 1.29 is 4.79 Å². The Morgan fingerprint density at radius 1 is 1.24 bits per heavy atom. The quantitative estimate of drug-likeness (QED) is 0.813. The maximum absolute atomic E-state index is 11.5. The van der Waals surface area contributed by atoms with Crippen molar-refractivity contribution in [2.75, 3.05) is 5.32 Å². The van der Waals surface area contributed by atoms with Gasteiger partial charge in [0.2, 0.25) is 5.91 Å². The van der Waals surface area contributed by atoms with Gasteiger partial charge in [-0.05, 0) is 30.5 Å². The number of thiophene rings is 1. The fourth-order valence-electron chi connectivity index (χ4n) is 1.56. The van der Waals surface area contributed by atoms with Gasteiger partial charge in [0.25, 0.3) is 0 Å². The molecule has 0 aliphatic carbocycles. The van der Waals surface area contributed by atoms with Crippen molar-refractivity contribution in [3.63, 3.8) is 0 Å². The first-order valence-electron chi connectivity index (χ1n) is 5.38. The second kappa shape index (κ2) is 5.46. The smallest absolute Gasteiger partial charge is 0.248 e. The van der Waals surface area contributed by atoms with Crippen LogP contribution < -0.4 is 5.32 Å². The highest BCUT2D eigenvalue weighted by molar-refractivity contribution is 7.13. The summed E-state index contributed by atoms with van der Waals surface area (Å²) in [4.78, 5) is 12.7. The maximum atomic E-state index is 11.5. The molecule has 1 aromatic heterocycles. The zero-order valence-electron chi connectivity index (χ0n) is 9.51. The summed E-state index contributed by atoms with van der Waals surface area (Å²) in [5.74, 6) is -0.100. The van der Waals surface area contributed by atoms with E-state index in [1.165, 1.54) is 6.08 Å². The SMILES string of the molecule is CC=CC(=O)Nc1ccccc1-c1cccs1. The second-order valence-corrected chi connectivity index (χ2v) is 4.46. The summed E-state index contributed by atoms with van der Waals surface area (Å²) >= 11 is 1.66. The van der Waals surface area contributed by atoms with Crippen molar-refractivity contribution in [1.29, 1.82) is 0 Å². The molecule has 1 heterocycles. The summed E-state index contributed by atoms with van der Waals surface area (Å²) in [5.41, 5.74) is 1.90. The number of benzene rings is 1. The standard InChI is InChI=1S/C14H13NOS/c1-2-6-14(16)15-12-8-4-3-7-11(12)13-9-5-10-17-13/h2-10H,1H3,(H,15,16). The van der Waals surface area contributed by atoms with Crippen LogP contribution in [0.2, 0.25) is 0 Å². The zero-order chi connectivity index (χ0) is 12.1. The molecule has 0 spiro atoms. The molecule has 0 unspecified atom stereocenters. The molecule has 1 N–H and O–H groups in total. The average molecular weight is 243 g/mol. The van der Waals surface area contributed by atoms with Crippen molar-refractivity contribution in [2.45, 2.75) is 6.92 Å². The Morgan fingerprint density at radius 2 is 2.06 bits per heavy atom. The minimum atomic E-state index is -0.100. The average Bonchev–Trinajstić information content (AvgIpc) is 2.83. The number of allylic oxidation sites excluding steroid dienone is 1. The lowest BCUT2D eigenvalue weighted by Crippen LogP contribution is -2.08. The predicted octanol–water partition coefficient (Wildman–Crippen LogP) is 3.93. The lowest BCUT2D eigenvalue weighted by molar-refractivity contribution is -0.111. The number of carbonyl (C=O) groups excluding carboxylic acids is 1. The summed E-state index contributed by atoms with van der Waals surface area (Å²) in [6.45, 7) is 1.82. The highest BCUT2D eigenvalue weighted by atomic mass is 32.1. The van der Waals surface area contributed by atoms with Crippen LogP contribution in [0.25, 0.3) is 10.4 Å². The van der Waals surface area contributed by atoms with Crippen LogP contribution in [0.3, 0.4) is 0 Å². The third-order valence-electron chi connectivity index (χ3n) is 2.29. The third-order valence-corrected chi connectivity index (χ3v) is 3.19. The second-order valence-electron chi connectivity index (χ2n) is 3.51. The molecule has 2 rings (SSSR count). The topological polar surface area (TPSA) is 29.1 Å². The molecule has 0 atom stereocenters. The largest absolute Gasteiger partial charge is 0.322 e. The fraction of sp³-hybridized carbons (Fsp3) is 0.0714. The van der Waals surface area contributed by atoms with Gasteiger partial charge in [0.15, 0.2) is 0 Å². The van der Waals surface area contributed by atoms with Crippen LogP contribution in [0.4, 0.5) is 5.69 Å². The van der Waals surface area contributed by atoms with Crippen molar-refractivity contribution in [3.8, 4) is 10.4 Å². The Hall–Kier alpha value is -1.87. The first kappa shape index (κ1) is 11.6. The third kappa shape index (κ3) is 2.82. The van der Waals surface area contributed by atoms with E-state index < -0.39 is 0 Å². The number of carbonyl (C=O) groups is 1. The highest BCUT2D eigenvalue weighted by Gasteiger charge is 2.06. The van der Waals surface area contributed by atoms with E-state index in [0.717, 1.165) is 16.1 Å². The number of anilines is 1. The molecule has 3 heteroatoms. The van der Waals surface area contributed by atoms with E-state index in [1.807, 2.05) is 48.7 Å². The Morgan fingerprint density at radius 3 is 2.76 bits per heavy atom. The molecular formula is C14H13NOS. The maximum Gasteiger partial charge on any atom is 0.248 e. The molecule has 0 fully saturated rings. The van der Waals surface area contributed by atoms with Gasteiger partial charge in [-0.3, -0.25) is 4.79 Å². The lowest BCUT2D eigenvalue weighted by Gasteiger charge is -2.07. The monoisotopic (exact) mass is 243 g/mol. The van der Waals surface area contributed by atoms with E-state index in [9.17, 15) is 4.79 Å². The van der Waals surface area contributed by atoms with Crippen LogP contribution in [0.5, 0.6) is 0 Å².